The molecule has 3 aliphatic carbocycles. The van der Waals surface area contributed by atoms with E-state index < -0.39 is 46.9 Å². The highest BCUT2D eigenvalue weighted by molar-refractivity contribution is 6.29. The fraction of sp³-hybridized carbons (Fsp3) is 0.211. The van der Waals surface area contributed by atoms with Crippen molar-refractivity contribution in [3.63, 3.8) is 0 Å². The molecule has 2 saturated heterocycles. The summed E-state index contributed by atoms with van der Waals surface area (Å²) in [7, 11) is 3.06. The first kappa shape index (κ1) is 27.6. The molecule has 0 aromatic heterocycles. The number of allylic oxidation sites excluding steroid dienone is 1. The van der Waals surface area contributed by atoms with Crippen LogP contribution in [0.5, 0.6) is 11.5 Å². The molecular formula is C38H29N3O6. The Morgan fingerprint density at radius 1 is 0.574 bits per heavy atom. The van der Waals surface area contributed by atoms with Gasteiger partial charge >= 0.3 is 0 Å². The number of carbonyl (C=O) groups is 4. The first-order valence-electron chi connectivity index (χ1n) is 15.6. The third kappa shape index (κ3) is 3.33. The first-order valence-corrected chi connectivity index (χ1v) is 15.6. The van der Waals surface area contributed by atoms with Gasteiger partial charge in [0.15, 0.2) is 0 Å². The van der Waals surface area contributed by atoms with Gasteiger partial charge in [-0.25, -0.2) is 9.80 Å². The minimum absolute atomic E-state index is 0.379. The van der Waals surface area contributed by atoms with E-state index in [1.165, 1.54) is 24.0 Å². The Kier molecular flexibility index (Phi) is 5.67. The van der Waals surface area contributed by atoms with Crippen molar-refractivity contribution in [3.8, 4) is 11.5 Å². The summed E-state index contributed by atoms with van der Waals surface area (Å²) in [5.74, 6) is -4.81. The quantitative estimate of drug-likeness (QED) is 0.281. The lowest BCUT2D eigenvalue weighted by atomic mass is 9.47. The molecule has 3 heterocycles. The van der Waals surface area contributed by atoms with Gasteiger partial charge in [0.1, 0.15) is 11.5 Å². The lowest BCUT2D eigenvalue weighted by molar-refractivity contribution is -0.138. The molecule has 2 bridgehead atoms. The van der Waals surface area contributed by atoms with E-state index in [-0.39, 0.29) is 11.8 Å². The highest BCUT2D eigenvalue weighted by Gasteiger charge is 2.80. The Morgan fingerprint density at radius 2 is 1.09 bits per heavy atom. The zero-order valence-corrected chi connectivity index (χ0v) is 25.6. The summed E-state index contributed by atoms with van der Waals surface area (Å²) < 4.78 is 10.9. The van der Waals surface area contributed by atoms with Crippen LogP contribution in [0.3, 0.4) is 0 Å². The Morgan fingerprint density at radius 3 is 1.64 bits per heavy atom. The maximum atomic E-state index is 15.0. The first-order chi connectivity index (χ1) is 22.9. The van der Waals surface area contributed by atoms with Gasteiger partial charge in [-0.2, -0.15) is 0 Å². The van der Waals surface area contributed by atoms with Crippen molar-refractivity contribution in [2.75, 3.05) is 28.9 Å². The van der Waals surface area contributed by atoms with Crippen LogP contribution in [0.1, 0.15) is 5.56 Å². The van der Waals surface area contributed by atoms with Crippen LogP contribution in [0.2, 0.25) is 0 Å². The summed E-state index contributed by atoms with van der Waals surface area (Å²) in [6, 6.07) is 31.2. The lowest BCUT2D eigenvalue weighted by Gasteiger charge is -2.57. The normalized spacial score (nSPS) is 28.3. The maximum absolute atomic E-state index is 15.0. The molecule has 4 unspecified atom stereocenters. The van der Waals surface area contributed by atoms with E-state index in [9.17, 15) is 9.59 Å². The second-order valence-electron chi connectivity index (χ2n) is 12.6. The number of carbonyl (C=O) groups excluding carboxylic acids is 4. The number of ether oxygens (including phenoxy) is 2. The Bertz CT molecular complexity index is 1980. The Labute approximate surface area is 270 Å². The molecule has 6 atom stereocenters. The van der Waals surface area contributed by atoms with E-state index in [1.807, 2.05) is 60.7 Å². The summed E-state index contributed by atoms with van der Waals surface area (Å²) in [6.45, 7) is 0. The predicted octanol–water partition coefficient (Wildman–Crippen LogP) is 5.23. The van der Waals surface area contributed by atoms with Crippen LogP contribution in [-0.2, 0) is 19.2 Å². The summed E-state index contributed by atoms with van der Waals surface area (Å²) in [5, 5.41) is 0. The van der Waals surface area contributed by atoms with Crippen LogP contribution >= 0.6 is 0 Å². The summed E-state index contributed by atoms with van der Waals surface area (Å²) in [4.78, 5) is 63.8. The zero-order chi connectivity index (χ0) is 32.2. The molecule has 4 aromatic rings. The number of anilines is 4. The number of rotatable bonds is 5. The standard InChI is InChI=1S/C38H29N3O6/c1-46-24-14-8-12-22(18-24)39-34(42)30-27-20-28-26-16-6-7-17-29(26)41(21-10-4-3-5-11-21)38(28,32(30)36(39)44)33-31(27)35(43)40(37(33)45)23-13-9-15-25(19-23)47-2/h3-20,27,30-33H,1-2H3/t27?,30-,31?,32+,33?,38?/m0/s1. The number of fused-ring (bicyclic) bond motifs is 1. The lowest BCUT2D eigenvalue weighted by Crippen LogP contribution is -2.68. The number of hydrogen-bond donors (Lipinski definition) is 0. The molecule has 3 aliphatic heterocycles. The third-order valence-corrected chi connectivity index (χ3v) is 10.7. The highest BCUT2D eigenvalue weighted by Crippen LogP contribution is 2.71. The van der Waals surface area contributed by atoms with Crippen molar-refractivity contribution in [2.45, 2.75) is 5.54 Å². The SMILES string of the molecule is COc1cccc(N2C(=O)C3C4C=C5c6ccccc6N(c6ccccc6)C5(C3C2=O)[C@H]2C(=O)N(c3cccc(OC)c3)C(=O)[C@@H]42)c1. The van der Waals surface area contributed by atoms with Gasteiger partial charge in [0.2, 0.25) is 23.6 Å². The fourth-order valence-electron chi connectivity index (χ4n) is 9.11. The average Bonchev–Trinajstić information content (AvgIpc) is 3.68. The minimum atomic E-state index is -1.35. The summed E-state index contributed by atoms with van der Waals surface area (Å²) >= 11 is 0. The Balaban J connectivity index is 1.31. The van der Waals surface area contributed by atoms with Gasteiger partial charge in [-0.1, -0.05) is 54.6 Å². The van der Waals surface area contributed by atoms with Gasteiger partial charge in [-0.3, -0.25) is 19.2 Å². The van der Waals surface area contributed by atoms with Crippen molar-refractivity contribution < 1.29 is 28.7 Å². The molecule has 9 heteroatoms. The predicted molar refractivity (Wildman–Crippen MR) is 174 cm³/mol. The molecule has 4 aromatic carbocycles. The topological polar surface area (TPSA) is 96.5 Å². The maximum Gasteiger partial charge on any atom is 0.240 e. The van der Waals surface area contributed by atoms with Gasteiger partial charge in [-0.15, -0.1) is 0 Å². The molecule has 47 heavy (non-hydrogen) atoms. The molecule has 3 fully saturated rings. The van der Waals surface area contributed by atoms with Crippen molar-refractivity contribution in [1.82, 2.24) is 0 Å². The van der Waals surface area contributed by atoms with Gasteiger partial charge < -0.3 is 14.4 Å². The van der Waals surface area contributed by atoms with E-state index in [4.69, 9.17) is 9.47 Å². The van der Waals surface area contributed by atoms with Crippen LogP contribution in [-0.4, -0.2) is 43.4 Å². The molecular weight excluding hydrogens is 594 g/mol. The molecule has 232 valence electrons. The molecule has 1 spiro atoms. The van der Waals surface area contributed by atoms with Crippen molar-refractivity contribution in [1.29, 1.82) is 0 Å². The highest BCUT2D eigenvalue weighted by atomic mass is 16.5. The second kappa shape index (κ2) is 9.65. The van der Waals surface area contributed by atoms with Crippen LogP contribution in [0.15, 0.2) is 109 Å². The summed E-state index contributed by atoms with van der Waals surface area (Å²) in [6.07, 6.45) is 2.02. The molecule has 6 aliphatic rings. The second-order valence-corrected chi connectivity index (χ2v) is 12.6. The van der Waals surface area contributed by atoms with Gasteiger partial charge in [-0.05, 0) is 48.0 Å². The van der Waals surface area contributed by atoms with E-state index >= 15 is 9.59 Å². The van der Waals surface area contributed by atoms with E-state index in [2.05, 4.69) is 4.90 Å². The van der Waals surface area contributed by atoms with Gasteiger partial charge in [0, 0.05) is 35.0 Å². The minimum Gasteiger partial charge on any atom is -0.497 e. The van der Waals surface area contributed by atoms with Gasteiger partial charge in [0.25, 0.3) is 0 Å². The van der Waals surface area contributed by atoms with Crippen LogP contribution in [0, 0.1) is 29.6 Å². The fourth-order valence-corrected chi connectivity index (χ4v) is 9.11. The molecule has 1 saturated carbocycles. The van der Waals surface area contributed by atoms with Crippen molar-refractivity contribution in [3.05, 3.63) is 115 Å². The van der Waals surface area contributed by atoms with Crippen LogP contribution in [0.25, 0.3) is 5.57 Å². The summed E-state index contributed by atoms with van der Waals surface area (Å²) in [5.41, 5.74) is 2.73. The number of nitrogens with zero attached hydrogens (tertiary/aromatic N) is 3. The molecule has 4 amide bonds. The smallest absolute Gasteiger partial charge is 0.240 e. The van der Waals surface area contributed by atoms with E-state index in [0.29, 0.717) is 22.9 Å². The number of methoxy groups -OCH3 is 2. The monoisotopic (exact) mass is 623 g/mol. The largest absolute Gasteiger partial charge is 0.497 e. The van der Waals surface area contributed by atoms with E-state index in [1.54, 1.807) is 48.5 Å². The number of benzene rings is 4. The van der Waals surface area contributed by atoms with Crippen molar-refractivity contribution in [2.24, 2.45) is 29.6 Å². The molecule has 9 nitrogen and oxygen atoms in total. The molecule has 0 radical (unpaired) electrons. The molecule has 0 N–H and O–H groups in total. The number of hydrogen-bond acceptors (Lipinski definition) is 7. The zero-order valence-electron chi connectivity index (χ0n) is 25.6. The van der Waals surface area contributed by atoms with Crippen molar-refractivity contribution >= 4 is 52.0 Å². The average molecular weight is 624 g/mol. The Hall–Kier alpha value is -5.70. The van der Waals surface area contributed by atoms with E-state index in [0.717, 1.165) is 22.5 Å². The van der Waals surface area contributed by atoms with Gasteiger partial charge in [0.05, 0.1) is 54.8 Å². The van der Waals surface area contributed by atoms with Crippen LogP contribution in [0.4, 0.5) is 22.7 Å². The van der Waals surface area contributed by atoms with Crippen LogP contribution < -0.4 is 24.2 Å². The third-order valence-electron chi connectivity index (χ3n) is 10.7. The number of para-hydroxylation sites is 2. The number of imide groups is 2. The molecule has 10 rings (SSSR count). The number of amides is 4.